The summed E-state index contributed by atoms with van der Waals surface area (Å²) in [6.45, 7) is 2.69. The van der Waals surface area contributed by atoms with Crippen LogP contribution in [-0.4, -0.2) is 36.4 Å². The van der Waals surface area contributed by atoms with E-state index in [4.69, 9.17) is 4.74 Å². The van der Waals surface area contributed by atoms with Gasteiger partial charge in [-0.1, -0.05) is 12.1 Å². The number of hydrogen-bond acceptors (Lipinski definition) is 4. The lowest BCUT2D eigenvalue weighted by molar-refractivity contribution is 0.412. The third-order valence-corrected chi connectivity index (χ3v) is 4.95. The minimum Gasteiger partial charge on any atom is -0.497 e. The van der Waals surface area contributed by atoms with Gasteiger partial charge < -0.3 is 9.30 Å². The number of ether oxygens (including phenoxy) is 1. The molecule has 0 N–H and O–H groups in total. The second-order valence-electron chi connectivity index (χ2n) is 4.61. The Morgan fingerprint density at radius 3 is 2.81 bits per heavy atom. The van der Waals surface area contributed by atoms with E-state index in [1.54, 1.807) is 24.9 Å². The molecule has 0 aliphatic heterocycles. The molecule has 0 radical (unpaired) electrons. The highest BCUT2D eigenvalue weighted by Crippen LogP contribution is 2.18. The van der Waals surface area contributed by atoms with Crippen molar-refractivity contribution in [3.05, 3.63) is 42.2 Å². The van der Waals surface area contributed by atoms with Gasteiger partial charge >= 0.3 is 0 Å². The topological polar surface area (TPSA) is 64.4 Å². The van der Waals surface area contributed by atoms with Crippen LogP contribution in [0.15, 0.2) is 41.8 Å². The maximum atomic E-state index is 12.5. The van der Waals surface area contributed by atoms with Crippen LogP contribution >= 0.6 is 0 Å². The number of sulfonamides is 1. The van der Waals surface area contributed by atoms with Gasteiger partial charge in [0.2, 0.25) is 5.16 Å². The molecule has 2 aromatic rings. The third-order valence-electron chi connectivity index (χ3n) is 3.20. The fraction of sp³-hybridized carbons (Fsp3) is 0.357. The summed E-state index contributed by atoms with van der Waals surface area (Å²) < 4.78 is 33.1. The zero-order valence-electron chi connectivity index (χ0n) is 12.4. The Balaban J connectivity index is 2.24. The van der Waals surface area contributed by atoms with Crippen LogP contribution in [-0.2, 0) is 23.1 Å². The molecule has 21 heavy (non-hydrogen) atoms. The second kappa shape index (κ2) is 6.28. The molecule has 1 aromatic carbocycles. The van der Waals surface area contributed by atoms with Crippen molar-refractivity contribution in [2.75, 3.05) is 14.2 Å². The van der Waals surface area contributed by atoms with E-state index in [0.29, 0.717) is 12.3 Å². The lowest BCUT2D eigenvalue weighted by Crippen LogP contribution is -2.29. The largest absolute Gasteiger partial charge is 0.497 e. The van der Waals surface area contributed by atoms with E-state index in [9.17, 15) is 8.42 Å². The number of rotatable bonds is 6. The van der Waals surface area contributed by atoms with E-state index in [-0.39, 0.29) is 11.7 Å². The first-order valence-corrected chi connectivity index (χ1v) is 8.03. The molecule has 0 saturated heterocycles. The zero-order chi connectivity index (χ0) is 15.5. The second-order valence-corrected chi connectivity index (χ2v) is 6.55. The summed E-state index contributed by atoms with van der Waals surface area (Å²) in [7, 11) is -0.486. The van der Waals surface area contributed by atoms with E-state index in [1.807, 2.05) is 31.2 Å². The first-order valence-electron chi connectivity index (χ1n) is 6.59. The van der Waals surface area contributed by atoms with E-state index in [0.717, 1.165) is 5.56 Å². The highest BCUT2D eigenvalue weighted by Gasteiger charge is 2.25. The molecule has 0 unspecified atom stereocenters. The number of aryl methyl sites for hydroxylation is 1. The van der Waals surface area contributed by atoms with Crippen LogP contribution in [0.1, 0.15) is 12.5 Å². The summed E-state index contributed by atoms with van der Waals surface area (Å²) in [6.07, 6.45) is 3.15. The summed E-state index contributed by atoms with van der Waals surface area (Å²) >= 11 is 0. The van der Waals surface area contributed by atoms with E-state index in [2.05, 4.69) is 4.98 Å². The number of imidazole rings is 1. The van der Waals surface area contributed by atoms with Crippen LogP contribution in [0.25, 0.3) is 0 Å². The summed E-state index contributed by atoms with van der Waals surface area (Å²) in [5.74, 6) is 0.702. The van der Waals surface area contributed by atoms with Gasteiger partial charge in [-0.25, -0.2) is 13.4 Å². The standard InChI is InChI=1S/C14H19N3O3S/c1-4-17-9-8-15-14(17)21(18,19)16(2)11-12-6-5-7-13(10-12)20-3/h5-10H,4,11H2,1-3H3. The van der Waals surface area contributed by atoms with Gasteiger partial charge in [-0.3, -0.25) is 0 Å². The van der Waals surface area contributed by atoms with Gasteiger partial charge in [-0.15, -0.1) is 0 Å². The fourth-order valence-electron chi connectivity index (χ4n) is 2.02. The Hall–Kier alpha value is -1.86. The molecule has 0 aliphatic rings. The first-order chi connectivity index (χ1) is 9.98. The molecule has 6 nitrogen and oxygen atoms in total. The van der Waals surface area contributed by atoms with Crippen LogP contribution in [0.5, 0.6) is 5.75 Å². The van der Waals surface area contributed by atoms with E-state index >= 15 is 0 Å². The number of aromatic nitrogens is 2. The Morgan fingerprint density at radius 1 is 1.38 bits per heavy atom. The summed E-state index contributed by atoms with van der Waals surface area (Å²) in [5, 5.41) is 0.0652. The molecule has 0 saturated carbocycles. The summed E-state index contributed by atoms with van der Waals surface area (Å²) in [6, 6.07) is 7.34. The third kappa shape index (κ3) is 3.25. The lowest BCUT2D eigenvalue weighted by Gasteiger charge is -2.17. The molecule has 7 heteroatoms. The van der Waals surface area contributed by atoms with Gasteiger partial charge in [0.05, 0.1) is 7.11 Å². The van der Waals surface area contributed by atoms with Crippen molar-refractivity contribution >= 4 is 10.0 Å². The number of hydrogen-bond donors (Lipinski definition) is 0. The molecule has 1 aromatic heterocycles. The fourth-order valence-corrected chi connectivity index (χ4v) is 3.30. The van der Waals surface area contributed by atoms with Crippen LogP contribution in [0.2, 0.25) is 0 Å². The number of methoxy groups -OCH3 is 1. The normalized spacial score (nSPS) is 11.8. The summed E-state index contributed by atoms with van der Waals surface area (Å²) in [5.41, 5.74) is 0.857. The molecule has 0 atom stereocenters. The molecule has 1 heterocycles. The van der Waals surface area contributed by atoms with Crippen LogP contribution in [0, 0.1) is 0 Å². The quantitative estimate of drug-likeness (QED) is 0.815. The van der Waals surface area contributed by atoms with Gasteiger partial charge in [-0.05, 0) is 24.6 Å². The van der Waals surface area contributed by atoms with Gasteiger partial charge in [0.1, 0.15) is 5.75 Å². The van der Waals surface area contributed by atoms with Crippen molar-refractivity contribution in [3.63, 3.8) is 0 Å². The van der Waals surface area contributed by atoms with E-state index in [1.165, 1.54) is 10.5 Å². The Labute approximate surface area is 125 Å². The Kier molecular flexibility index (Phi) is 4.64. The van der Waals surface area contributed by atoms with Gasteiger partial charge in [0.25, 0.3) is 10.0 Å². The van der Waals surface area contributed by atoms with Crippen molar-refractivity contribution in [1.29, 1.82) is 0 Å². The lowest BCUT2D eigenvalue weighted by atomic mass is 10.2. The zero-order valence-corrected chi connectivity index (χ0v) is 13.2. The molecule has 114 valence electrons. The number of nitrogens with zero attached hydrogens (tertiary/aromatic N) is 3. The SMILES string of the molecule is CCn1ccnc1S(=O)(=O)N(C)Cc1cccc(OC)c1. The molecule has 0 bridgehead atoms. The first kappa shape index (κ1) is 15.5. The average molecular weight is 309 g/mol. The minimum atomic E-state index is -3.61. The van der Waals surface area contributed by atoms with Crippen molar-refractivity contribution in [3.8, 4) is 5.75 Å². The van der Waals surface area contributed by atoms with Crippen LogP contribution < -0.4 is 4.74 Å². The van der Waals surface area contributed by atoms with E-state index < -0.39 is 10.0 Å². The number of benzene rings is 1. The summed E-state index contributed by atoms with van der Waals surface area (Å²) in [4.78, 5) is 3.96. The molecule has 0 aliphatic carbocycles. The maximum absolute atomic E-state index is 12.5. The Bertz CT molecular complexity index is 710. The smallest absolute Gasteiger partial charge is 0.277 e. The molecule has 0 amide bonds. The average Bonchev–Trinajstić information content (AvgIpc) is 2.96. The van der Waals surface area contributed by atoms with Crippen LogP contribution in [0.3, 0.4) is 0 Å². The highest BCUT2D eigenvalue weighted by molar-refractivity contribution is 7.88. The van der Waals surface area contributed by atoms with Crippen molar-refractivity contribution in [1.82, 2.24) is 13.9 Å². The van der Waals surface area contributed by atoms with Gasteiger partial charge in [0.15, 0.2) is 0 Å². The van der Waals surface area contributed by atoms with Crippen molar-refractivity contribution in [2.24, 2.45) is 0 Å². The predicted molar refractivity (Wildman–Crippen MR) is 79.5 cm³/mol. The monoisotopic (exact) mass is 309 g/mol. The molecular formula is C14H19N3O3S. The van der Waals surface area contributed by atoms with Crippen molar-refractivity contribution < 1.29 is 13.2 Å². The van der Waals surface area contributed by atoms with Crippen molar-refractivity contribution in [2.45, 2.75) is 25.2 Å². The van der Waals surface area contributed by atoms with Gasteiger partial charge in [-0.2, -0.15) is 4.31 Å². The molecule has 0 fully saturated rings. The van der Waals surface area contributed by atoms with Gasteiger partial charge in [0, 0.05) is 32.5 Å². The Morgan fingerprint density at radius 2 is 2.14 bits per heavy atom. The maximum Gasteiger partial charge on any atom is 0.277 e. The minimum absolute atomic E-state index is 0.0652. The molecule has 0 spiro atoms. The van der Waals surface area contributed by atoms with Crippen LogP contribution in [0.4, 0.5) is 0 Å². The molecular weight excluding hydrogens is 290 g/mol. The predicted octanol–water partition coefficient (Wildman–Crippen LogP) is 1.73. The highest BCUT2D eigenvalue weighted by atomic mass is 32.2. The molecule has 2 rings (SSSR count).